The van der Waals surface area contributed by atoms with E-state index in [2.05, 4.69) is 15.5 Å². The molecule has 1 saturated heterocycles. The summed E-state index contributed by atoms with van der Waals surface area (Å²) in [6, 6.07) is 11.2. The Morgan fingerprint density at radius 2 is 1.93 bits per heavy atom. The number of furan rings is 1. The second kappa shape index (κ2) is 7.63. The van der Waals surface area contributed by atoms with Crippen molar-refractivity contribution in [1.29, 1.82) is 0 Å². The maximum atomic E-state index is 12.8. The molecule has 8 nitrogen and oxygen atoms in total. The van der Waals surface area contributed by atoms with E-state index in [0.29, 0.717) is 45.0 Å². The molecule has 0 saturated carbocycles. The van der Waals surface area contributed by atoms with Gasteiger partial charge in [0.1, 0.15) is 5.76 Å². The van der Waals surface area contributed by atoms with E-state index in [-0.39, 0.29) is 11.8 Å². The molecule has 1 aromatic carbocycles. The maximum Gasteiger partial charge on any atom is 0.275 e. The minimum atomic E-state index is -0.0747. The minimum Gasteiger partial charge on any atom is -0.467 e. The van der Waals surface area contributed by atoms with Crippen LogP contribution in [0.25, 0.3) is 10.9 Å². The Kier molecular flexibility index (Phi) is 4.88. The first-order valence-electron chi connectivity index (χ1n) is 8.94. The Morgan fingerprint density at radius 1 is 1.11 bits per heavy atom. The van der Waals surface area contributed by atoms with Gasteiger partial charge < -0.3 is 14.6 Å². The van der Waals surface area contributed by atoms with Crippen LogP contribution in [-0.4, -0.2) is 64.5 Å². The largest absolute Gasteiger partial charge is 0.467 e. The fraction of sp³-hybridized carbons (Fsp3) is 0.316. The molecule has 1 aliphatic heterocycles. The van der Waals surface area contributed by atoms with E-state index in [1.165, 1.54) is 0 Å². The molecule has 0 bridgehead atoms. The van der Waals surface area contributed by atoms with Gasteiger partial charge in [0, 0.05) is 31.6 Å². The smallest absolute Gasteiger partial charge is 0.275 e. The number of amides is 2. The number of nitrogens with zero attached hydrogens (tertiary/aromatic N) is 3. The van der Waals surface area contributed by atoms with E-state index >= 15 is 0 Å². The van der Waals surface area contributed by atoms with Gasteiger partial charge in [-0.2, -0.15) is 5.10 Å². The van der Waals surface area contributed by atoms with Gasteiger partial charge in [-0.1, -0.05) is 18.2 Å². The Balaban J connectivity index is 1.28. The van der Waals surface area contributed by atoms with Crippen LogP contribution in [-0.2, 0) is 11.3 Å². The number of aromatic amines is 1. The lowest BCUT2D eigenvalue weighted by atomic mass is 10.2. The highest BCUT2D eigenvalue weighted by molar-refractivity contribution is 6.04. The number of H-pyrrole nitrogens is 1. The first-order valence-corrected chi connectivity index (χ1v) is 8.94. The molecule has 0 aliphatic carbocycles. The molecule has 2 aromatic heterocycles. The Bertz CT molecular complexity index is 926. The molecule has 0 atom stereocenters. The predicted molar refractivity (Wildman–Crippen MR) is 99.0 cm³/mol. The number of carbonyl (C=O) groups excluding carboxylic acids is 2. The second-order valence-corrected chi connectivity index (χ2v) is 6.54. The molecule has 4 rings (SSSR count). The van der Waals surface area contributed by atoms with Crippen LogP contribution in [0, 0.1) is 0 Å². The van der Waals surface area contributed by atoms with Crippen molar-refractivity contribution in [3.05, 3.63) is 54.1 Å². The van der Waals surface area contributed by atoms with Crippen molar-refractivity contribution in [3.8, 4) is 0 Å². The van der Waals surface area contributed by atoms with Crippen molar-refractivity contribution in [2.24, 2.45) is 0 Å². The monoisotopic (exact) mass is 367 g/mol. The zero-order valence-corrected chi connectivity index (χ0v) is 14.9. The van der Waals surface area contributed by atoms with E-state index in [0.717, 1.165) is 16.7 Å². The Hall–Kier alpha value is -3.13. The van der Waals surface area contributed by atoms with Crippen molar-refractivity contribution in [2.75, 3.05) is 32.7 Å². The van der Waals surface area contributed by atoms with Crippen LogP contribution < -0.4 is 5.32 Å². The molecule has 0 unspecified atom stereocenters. The zero-order valence-electron chi connectivity index (χ0n) is 14.9. The van der Waals surface area contributed by atoms with Gasteiger partial charge in [0.25, 0.3) is 5.91 Å². The van der Waals surface area contributed by atoms with Crippen molar-refractivity contribution in [2.45, 2.75) is 6.54 Å². The highest BCUT2D eigenvalue weighted by Crippen LogP contribution is 2.17. The van der Waals surface area contributed by atoms with Crippen LogP contribution in [0.4, 0.5) is 0 Å². The molecule has 0 radical (unpaired) electrons. The van der Waals surface area contributed by atoms with Gasteiger partial charge in [0.2, 0.25) is 5.91 Å². The van der Waals surface area contributed by atoms with Crippen molar-refractivity contribution < 1.29 is 14.0 Å². The first-order chi connectivity index (χ1) is 13.2. The van der Waals surface area contributed by atoms with Gasteiger partial charge in [-0.05, 0) is 18.2 Å². The van der Waals surface area contributed by atoms with E-state index in [4.69, 9.17) is 4.42 Å². The van der Waals surface area contributed by atoms with Crippen LogP contribution in [0.2, 0.25) is 0 Å². The molecule has 3 heterocycles. The number of nitrogens with one attached hydrogen (secondary N) is 2. The molecule has 0 spiro atoms. The summed E-state index contributed by atoms with van der Waals surface area (Å²) in [5.41, 5.74) is 1.31. The van der Waals surface area contributed by atoms with Gasteiger partial charge in [-0.25, -0.2) is 0 Å². The highest BCUT2D eigenvalue weighted by Gasteiger charge is 2.25. The van der Waals surface area contributed by atoms with Crippen LogP contribution in [0.15, 0.2) is 47.1 Å². The summed E-state index contributed by atoms with van der Waals surface area (Å²) in [5, 5.41) is 10.8. The fourth-order valence-electron chi connectivity index (χ4n) is 3.24. The lowest BCUT2D eigenvalue weighted by Crippen LogP contribution is -2.51. The molecule has 27 heavy (non-hydrogen) atoms. The number of para-hydroxylation sites is 1. The number of aromatic nitrogens is 2. The van der Waals surface area contributed by atoms with E-state index < -0.39 is 0 Å². The van der Waals surface area contributed by atoms with Crippen molar-refractivity contribution >= 4 is 22.7 Å². The molecule has 1 aliphatic rings. The standard InChI is InChI=1S/C19H21N5O3/c25-17(20-12-14-4-3-11-27-14)13-23-7-9-24(10-8-23)19(26)18-15-5-1-2-6-16(15)21-22-18/h1-6,11H,7-10,12-13H2,(H,20,25)(H,21,22). The summed E-state index contributed by atoms with van der Waals surface area (Å²) >= 11 is 0. The van der Waals surface area contributed by atoms with Crippen LogP contribution >= 0.6 is 0 Å². The summed E-state index contributed by atoms with van der Waals surface area (Å²) in [6.45, 7) is 3.16. The maximum absolute atomic E-state index is 12.8. The molecular weight excluding hydrogens is 346 g/mol. The number of carbonyl (C=O) groups is 2. The summed E-state index contributed by atoms with van der Waals surface area (Å²) in [7, 11) is 0. The summed E-state index contributed by atoms with van der Waals surface area (Å²) in [6.07, 6.45) is 1.58. The van der Waals surface area contributed by atoms with Crippen molar-refractivity contribution in [3.63, 3.8) is 0 Å². The normalized spacial score (nSPS) is 15.2. The van der Waals surface area contributed by atoms with Gasteiger partial charge in [0.15, 0.2) is 5.69 Å². The summed E-state index contributed by atoms with van der Waals surface area (Å²) in [4.78, 5) is 28.7. The number of rotatable bonds is 5. The molecule has 140 valence electrons. The number of hydrogen-bond acceptors (Lipinski definition) is 5. The number of hydrogen-bond donors (Lipinski definition) is 2. The average Bonchev–Trinajstić information content (AvgIpc) is 3.36. The first kappa shape index (κ1) is 17.3. The van der Waals surface area contributed by atoms with Gasteiger partial charge in [0.05, 0.1) is 24.9 Å². The van der Waals surface area contributed by atoms with Gasteiger partial charge >= 0.3 is 0 Å². The quantitative estimate of drug-likeness (QED) is 0.707. The summed E-state index contributed by atoms with van der Waals surface area (Å²) < 4.78 is 5.20. The Morgan fingerprint density at radius 3 is 2.70 bits per heavy atom. The zero-order chi connectivity index (χ0) is 18.6. The van der Waals surface area contributed by atoms with Crippen molar-refractivity contribution in [1.82, 2.24) is 25.3 Å². The lowest BCUT2D eigenvalue weighted by molar-refractivity contribution is -0.122. The van der Waals surface area contributed by atoms with E-state index in [1.807, 2.05) is 35.2 Å². The van der Waals surface area contributed by atoms with Crippen LogP contribution in [0.3, 0.4) is 0 Å². The molecule has 1 fully saturated rings. The lowest BCUT2D eigenvalue weighted by Gasteiger charge is -2.34. The van der Waals surface area contributed by atoms with E-state index in [9.17, 15) is 9.59 Å². The summed E-state index contributed by atoms with van der Waals surface area (Å²) in [5.74, 6) is 0.601. The number of fused-ring (bicyclic) bond motifs is 1. The molecule has 2 amide bonds. The number of piperazine rings is 1. The molecule has 3 aromatic rings. The molecular formula is C19H21N5O3. The Labute approximate surface area is 156 Å². The fourth-order valence-corrected chi connectivity index (χ4v) is 3.24. The van der Waals surface area contributed by atoms with Crippen LogP contribution in [0.5, 0.6) is 0 Å². The SMILES string of the molecule is O=C(CN1CCN(C(=O)c2n[nH]c3ccccc23)CC1)NCc1ccco1. The predicted octanol–water partition coefficient (Wildman–Crippen LogP) is 1.23. The molecule has 2 N–H and O–H groups in total. The third-order valence-corrected chi connectivity index (χ3v) is 4.74. The average molecular weight is 367 g/mol. The minimum absolute atomic E-state index is 0.0514. The van der Waals surface area contributed by atoms with Crippen LogP contribution in [0.1, 0.15) is 16.2 Å². The molecule has 8 heteroatoms. The third-order valence-electron chi connectivity index (χ3n) is 4.74. The van der Waals surface area contributed by atoms with E-state index in [1.54, 1.807) is 17.2 Å². The number of benzene rings is 1. The second-order valence-electron chi connectivity index (χ2n) is 6.54. The van der Waals surface area contributed by atoms with Gasteiger partial charge in [-0.15, -0.1) is 0 Å². The topological polar surface area (TPSA) is 94.5 Å². The third kappa shape index (κ3) is 3.85. The highest BCUT2D eigenvalue weighted by atomic mass is 16.3. The van der Waals surface area contributed by atoms with Gasteiger partial charge in [-0.3, -0.25) is 19.6 Å².